The van der Waals surface area contributed by atoms with Gasteiger partial charge in [-0.3, -0.25) is 0 Å². The highest BCUT2D eigenvalue weighted by Gasteiger charge is 2.14. The molecule has 0 radical (unpaired) electrons. The molecule has 0 nitrogen and oxygen atoms in total. The van der Waals surface area contributed by atoms with E-state index in [4.69, 9.17) is 0 Å². The molecule has 3 heteroatoms. The molecule has 3 heterocycles. The Morgan fingerprint density at radius 2 is 0.627 bits per heavy atom. The molecule has 11 aromatic rings. The van der Waals surface area contributed by atoms with E-state index in [1.54, 1.807) is 0 Å². The van der Waals surface area contributed by atoms with Gasteiger partial charge in [-0.25, -0.2) is 0 Å². The van der Waals surface area contributed by atoms with E-state index in [-0.39, 0.29) is 0 Å². The zero-order valence-corrected chi connectivity index (χ0v) is 29.8. The van der Waals surface area contributed by atoms with Gasteiger partial charge in [0, 0.05) is 60.5 Å². The molecule has 0 amide bonds. The number of hydrogen-bond donors (Lipinski definition) is 0. The molecule has 8 aromatic carbocycles. The van der Waals surface area contributed by atoms with Crippen LogP contribution in [0.5, 0.6) is 0 Å². The molecular weight excluding hydrogens is 673 g/mol. The highest BCUT2D eigenvalue weighted by atomic mass is 32.1. The molecule has 0 spiro atoms. The highest BCUT2D eigenvalue weighted by Crippen LogP contribution is 2.44. The van der Waals surface area contributed by atoms with Crippen LogP contribution < -0.4 is 0 Å². The van der Waals surface area contributed by atoms with Crippen LogP contribution in [0.1, 0.15) is 0 Å². The molecule has 11 rings (SSSR count). The van der Waals surface area contributed by atoms with Crippen molar-refractivity contribution in [1.82, 2.24) is 0 Å². The van der Waals surface area contributed by atoms with Gasteiger partial charge in [0.1, 0.15) is 0 Å². The summed E-state index contributed by atoms with van der Waals surface area (Å²) in [5.74, 6) is 0. The van der Waals surface area contributed by atoms with Gasteiger partial charge in [0.25, 0.3) is 0 Å². The zero-order chi connectivity index (χ0) is 33.5. The summed E-state index contributed by atoms with van der Waals surface area (Å²) < 4.78 is 8.03. The standard InChI is InChI=1S/C48H28S3/c1-3-19-43-37(13-1)39-17-7-15-35(47(39)50-43)33-11-5-9-29(25-33)31-21-23-45-41(27-31)42-28-32(22-24-46(42)49-45)30-10-6-12-34(26-30)36-16-8-18-40-38-14-2-4-20-44(38)51-48(36)40/h1-28H. The molecule has 0 unspecified atom stereocenters. The lowest BCUT2D eigenvalue weighted by atomic mass is 9.96. The van der Waals surface area contributed by atoms with Gasteiger partial charge in [-0.1, -0.05) is 121 Å². The normalized spacial score (nSPS) is 11.9. The molecule has 0 N–H and O–H groups in total. The monoisotopic (exact) mass is 700 g/mol. The summed E-state index contributed by atoms with van der Waals surface area (Å²) in [6.45, 7) is 0. The van der Waals surface area contributed by atoms with Gasteiger partial charge in [-0.15, -0.1) is 34.0 Å². The van der Waals surface area contributed by atoms with E-state index >= 15 is 0 Å². The summed E-state index contributed by atoms with van der Waals surface area (Å²) in [4.78, 5) is 0. The number of rotatable bonds is 4. The average molecular weight is 701 g/mol. The zero-order valence-electron chi connectivity index (χ0n) is 27.4. The van der Waals surface area contributed by atoms with Crippen molar-refractivity contribution in [3.63, 3.8) is 0 Å². The first-order valence-corrected chi connectivity index (χ1v) is 19.7. The third-order valence-corrected chi connectivity index (χ3v) is 13.9. The predicted molar refractivity (Wildman–Crippen MR) is 227 cm³/mol. The smallest absolute Gasteiger partial charge is 0.0433 e. The summed E-state index contributed by atoms with van der Waals surface area (Å²) in [6.07, 6.45) is 0. The van der Waals surface area contributed by atoms with E-state index in [9.17, 15) is 0 Å². The Hall–Kier alpha value is -5.58. The Balaban J connectivity index is 0.994. The summed E-state index contributed by atoms with van der Waals surface area (Å²) in [6, 6.07) is 63.1. The fourth-order valence-electron chi connectivity index (χ4n) is 7.82. The topological polar surface area (TPSA) is 0 Å². The third-order valence-electron chi connectivity index (χ3n) is 10.3. The van der Waals surface area contributed by atoms with Gasteiger partial charge in [-0.2, -0.15) is 0 Å². The quantitative estimate of drug-likeness (QED) is 0.171. The molecule has 238 valence electrons. The second-order valence-corrected chi connectivity index (χ2v) is 16.4. The molecular formula is C48H28S3. The second-order valence-electron chi connectivity index (χ2n) is 13.2. The molecule has 0 bridgehead atoms. The first-order valence-electron chi connectivity index (χ1n) is 17.2. The van der Waals surface area contributed by atoms with Gasteiger partial charge in [0.2, 0.25) is 0 Å². The maximum absolute atomic E-state index is 2.40. The Morgan fingerprint density at radius 1 is 0.235 bits per heavy atom. The average Bonchev–Trinajstić information content (AvgIpc) is 3.89. The van der Waals surface area contributed by atoms with E-state index in [1.165, 1.54) is 105 Å². The summed E-state index contributed by atoms with van der Waals surface area (Å²) in [5, 5.41) is 7.98. The molecule has 0 saturated heterocycles. The number of fused-ring (bicyclic) bond motifs is 9. The number of benzene rings is 8. The fourth-order valence-corrected chi connectivity index (χ4v) is 11.4. The maximum Gasteiger partial charge on any atom is 0.0433 e. The van der Waals surface area contributed by atoms with E-state index in [1.807, 2.05) is 34.0 Å². The van der Waals surface area contributed by atoms with Gasteiger partial charge in [0.05, 0.1) is 0 Å². The van der Waals surface area contributed by atoms with Gasteiger partial charge >= 0.3 is 0 Å². The van der Waals surface area contributed by atoms with Crippen molar-refractivity contribution in [2.45, 2.75) is 0 Å². The molecule has 0 aliphatic rings. The minimum atomic E-state index is 1.24. The van der Waals surface area contributed by atoms with Crippen LogP contribution >= 0.6 is 34.0 Å². The van der Waals surface area contributed by atoms with Crippen LogP contribution in [0.25, 0.3) is 105 Å². The van der Waals surface area contributed by atoms with E-state index in [0.717, 1.165) is 0 Å². The van der Waals surface area contributed by atoms with Crippen molar-refractivity contribution >= 4 is 94.5 Å². The van der Waals surface area contributed by atoms with E-state index in [0.29, 0.717) is 0 Å². The molecule has 0 aliphatic heterocycles. The van der Waals surface area contributed by atoms with E-state index < -0.39 is 0 Å². The summed E-state index contributed by atoms with van der Waals surface area (Å²) >= 11 is 5.66. The van der Waals surface area contributed by atoms with Crippen LogP contribution in [0, 0.1) is 0 Å². The molecule has 0 atom stereocenters. The van der Waals surface area contributed by atoms with Crippen LogP contribution in [0.2, 0.25) is 0 Å². The first kappa shape index (κ1) is 29.2. The van der Waals surface area contributed by atoms with Crippen LogP contribution in [0.3, 0.4) is 0 Å². The van der Waals surface area contributed by atoms with Crippen LogP contribution in [0.15, 0.2) is 170 Å². The van der Waals surface area contributed by atoms with Gasteiger partial charge in [-0.05, 0) is 93.0 Å². The first-order chi connectivity index (χ1) is 25.2. The Kier molecular flexibility index (Phi) is 6.57. The van der Waals surface area contributed by atoms with Gasteiger partial charge in [0.15, 0.2) is 0 Å². The van der Waals surface area contributed by atoms with Crippen molar-refractivity contribution < 1.29 is 0 Å². The molecule has 0 saturated carbocycles. The SMILES string of the molecule is c1cc(-c2ccc3sc4ccc(-c5cccc(-c6cccc7c6sc6ccccc67)c5)cc4c3c2)cc(-c2cccc3c2sc2ccccc23)c1. The largest absolute Gasteiger partial charge is 0.135 e. The Labute approximate surface area is 307 Å². The summed E-state index contributed by atoms with van der Waals surface area (Å²) in [7, 11) is 0. The van der Waals surface area contributed by atoms with Crippen molar-refractivity contribution in [2.24, 2.45) is 0 Å². The molecule has 3 aromatic heterocycles. The van der Waals surface area contributed by atoms with Crippen LogP contribution in [0.4, 0.5) is 0 Å². The second kappa shape index (κ2) is 11.5. The number of hydrogen-bond acceptors (Lipinski definition) is 3. The molecule has 0 aliphatic carbocycles. The third kappa shape index (κ3) is 4.70. The molecule has 0 fully saturated rings. The van der Waals surface area contributed by atoms with E-state index in [2.05, 4.69) is 170 Å². The van der Waals surface area contributed by atoms with Crippen molar-refractivity contribution in [3.8, 4) is 44.5 Å². The van der Waals surface area contributed by atoms with Crippen molar-refractivity contribution in [1.29, 1.82) is 0 Å². The Morgan fingerprint density at radius 3 is 1.14 bits per heavy atom. The predicted octanol–water partition coefficient (Wildman–Crippen LogP) is 15.5. The van der Waals surface area contributed by atoms with Crippen LogP contribution in [-0.2, 0) is 0 Å². The molecule has 51 heavy (non-hydrogen) atoms. The minimum absolute atomic E-state index is 1.24. The fraction of sp³-hybridized carbons (Fsp3) is 0. The minimum Gasteiger partial charge on any atom is -0.135 e. The number of thiophene rings is 3. The van der Waals surface area contributed by atoms with Crippen LogP contribution in [-0.4, -0.2) is 0 Å². The Bertz CT molecular complexity index is 2940. The lowest BCUT2D eigenvalue weighted by Crippen LogP contribution is -1.83. The maximum atomic E-state index is 2.40. The van der Waals surface area contributed by atoms with Crippen molar-refractivity contribution in [2.75, 3.05) is 0 Å². The highest BCUT2D eigenvalue weighted by molar-refractivity contribution is 7.27. The van der Waals surface area contributed by atoms with Gasteiger partial charge < -0.3 is 0 Å². The lowest BCUT2D eigenvalue weighted by molar-refractivity contribution is 1.63. The summed E-state index contributed by atoms with van der Waals surface area (Å²) in [5.41, 5.74) is 10.1. The lowest BCUT2D eigenvalue weighted by Gasteiger charge is -2.09. The van der Waals surface area contributed by atoms with Crippen molar-refractivity contribution in [3.05, 3.63) is 170 Å².